The van der Waals surface area contributed by atoms with Crippen LogP contribution in [0.3, 0.4) is 0 Å². The molecule has 0 saturated heterocycles. The van der Waals surface area contributed by atoms with Crippen molar-refractivity contribution in [2.45, 2.75) is 24.9 Å². The third-order valence-corrected chi connectivity index (χ3v) is 3.74. The van der Waals surface area contributed by atoms with E-state index in [0.29, 0.717) is 5.69 Å². The second-order valence-electron chi connectivity index (χ2n) is 5.35. The van der Waals surface area contributed by atoms with E-state index in [1.54, 1.807) is 12.1 Å². The van der Waals surface area contributed by atoms with E-state index in [2.05, 4.69) is 16.0 Å². The third kappa shape index (κ3) is 4.74. The van der Waals surface area contributed by atoms with E-state index in [0.717, 1.165) is 4.90 Å². The molecule has 144 valence electrons. The van der Waals surface area contributed by atoms with Crippen molar-refractivity contribution < 1.29 is 26.7 Å². The normalized spacial score (nSPS) is 11.9. The van der Waals surface area contributed by atoms with Crippen molar-refractivity contribution in [2.24, 2.45) is 0 Å². The van der Waals surface area contributed by atoms with Gasteiger partial charge in [-0.25, -0.2) is 4.68 Å². The molecule has 2 heterocycles. The largest absolute Gasteiger partial charge is 0.453 e. The summed E-state index contributed by atoms with van der Waals surface area (Å²) in [5.74, 6) is -3.89. The van der Waals surface area contributed by atoms with Gasteiger partial charge in [0.05, 0.1) is 24.6 Å². The minimum absolute atomic E-state index is 0.0150. The number of hydrogen-bond donors (Lipinski definition) is 0. The Labute approximate surface area is 155 Å². The summed E-state index contributed by atoms with van der Waals surface area (Å²) in [6.07, 6.45) is 0.913. The summed E-state index contributed by atoms with van der Waals surface area (Å²) in [6, 6.07) is 3.26. The lowest BCUT2D eigenvalue weighted by Crippen LogP contribution is -2.39. The highest BCUT2D eigenvalue weighted by molar-refractivity contribution is 6.32. The molecule has 2 aromatic rings. The average Bonchev–Trinajstić information content (AvgIpc) is 2.99. The van der Waals surface area contributed by atoms with Crippen molar-refractivity contribution in [3.63, 3.8) is 0 Å². The summed E-state index contributed by atoms with van der Waals surface area (Å²) in [5, 5.41) is 3.79. The number of hydrogen-bond acceptors (Lipinski definition) is 3. The van der Waals surface area contributed by atoms with Gasteiger partial charge in [-0.2, -0.15) is 27.1 Å². The van der Waals surface area contributed by atoms with Gasteiger partial charge >= 0.3 is 12.1 Å². The highest BCUT2D eigenvalue weighted by Gasteiger charge is 2.57. The number of terminal acetylenes is 1. The van der Waals surface area contributed by atoms with Crippen LogP contribution in [0.1, 0.15) is 12.8 Å². The summed E-state index contributed by atoms with van der Waals surface area (Å²) < 4.78 is 64.2. The zero-order chi connectivity index (χ0) is 20.2. The summed E-state index contributed by atoms with van der Waals surface area (Å²) in [4.78, 5) is 16.9. The maximum atomic E-state index is 13.1. The minimum atomic E-state index is -5.74. The van der Waals surface area contributed by atoms with Gasteiger partial charge in [0, 0.05) is 19.0 Å². The predicted molar refractivity (Wildman–Crippen MR) is 87.8 cm³/mol. The Hall–Kier alpha value is -2.67. The van der Waals surface area contributed by atoms with Crippen molar-refractivity contribution in [3.8, 4) is 18.0 Å². The number of anilines is 1. The molecule has 1 amide bonds. The van der Waals surface area contributed by atoms with Crippen molar-refractivity contribution in [2.75, 3.05) is 11.4 Å². The number of carbonyl (C=O) groups is 1. The van der Waals surface area contributed by atoms with E-state index >= 15 is 0 Å². The van der Waals surface area contributed by atoms with Gasteiger partial charge < -0.3 is 0 Å². The maximum absolute atomic E-state index is 13.1. The van der Waals surface area contributed by atoms with E-state index in [-0.39, 0.29) is 17.4 Å². The van der Waals surface area contributed by atoms with Gasteiger partial charge in [-0.15, -0.1) is 6.42 Å². The average molecular weight is 407 g/mol. The molecule has 0 bridgehead atoms. The highest BCUT2D eigenvalue weighted by Crippen LogP contribution is 2.39. The molecule has 0 unspecified atom stereocenters. The number of aromatic nitrogens is 3. The highest BCUT2D eigenvalue weighted by atomic mass is 35.5. The summed E-state index contributed by atoms with van der Waals surface area (Å²) >= 11 is 5.99. The molecule has 0 aromatic carbocycles. The SMILES string of the molecule is C#CCN(C(=O)CCC(F)(F)C(F)(F)F)c1cn(-c2cccnc2)nc1Cl. The van der Waals surface area contributed by atoms with Gasteiger partial charge in [0.15, 0.2) is 5.15 Å². The minimum Gasteiger partial charge on any atom is -0.296 e. The van der Waals surface area contributed by atoms with Gasteiger partial charge in [-0.1, -0.05) is 17.5 Å². The number of rotatable bonds is 6. The van der Waals surface area contributed by atoms with E-state index in [4.69, 9.17) is 18.0 Å². The van der Waals surface area contributed by atoms with Crippen LogP contribution in [0.2, 0.25) is 5.15 Å². The van der Waals surface area contributed by atoms with Crippen LogP contribution < -0.4 is 4.90 Å². The Bertz CT molecular complexity index is 845. The molecular weight excluding hydrogens is 395 g/mol. The van der Waals surface area contributed by atoms with Crippen molar-refractivity contribution in [3.05, 3.63) is 35.9 Å². The van der Waals surface area contributed by atoms with Gasteiger partial charge in [0.2, 0.25) is 5.91 Å². The third-order valence-electron chi connectivity index (χ3n) is 3.47. The number of amides is 1. The van der Waals surface area contributed by atoms with Crippen molar-refractivity contribution in [1.29, 1.82) is 0 Å². The summed E-state index contributed by atoms with van der Waals surface area (Å²) in [6.45, 7) is -0.380. The molecule has 0 aliphatic heterocycles. The molecular formula is C16H12ClF5N4O. The Morgan fingerprint density at radius 3 is 2.59 bits per heavy atom. The van der Waals surface area contributed by atoms with E-state index < -0.39 is 30.8 Å². The Morgan fingerprint density at radius 2 is 2.04 bits per heavy atom. The molecule has 0 radical (unpaired) electrons. The zero-order valence-electron chi connectivity index (χ0n) is 13.6. The fraction of sp³-hybridized carbons (Fsp3) is 0.312. The van der Waals surface area contributed by atoms with E-state index in [1.807, 2.05) is 0 Å². The molecule has 27 heavy (non-hydrogen) atoms. The first kappa shape index (κ1) is 20.6. The molecule has 0 aliphatic carbocycles. The molecule has 11 heteroatoms. The molecule has 0 atom stereocenters. The van der Waals surface area contributed by atoms with E-state index in [9.17, 15) is 26.7 Å². The molecule has 0 aliphatic rings. The van der Waals surface area contributed by atoms with E-state index in [1.165, 1.54) is 23.3 Å². The van der Waals surface area contributed by atoms with Crippen LogP contribution in [-0.2, 0) is 4.79 Å². The number of nitrogens with zero attached hydrogens (tertiary/aromatic N) is 4. The van der Waals surface area contributed by atoms with Crippen LogP contribution >= 0.6 is 11.6 Å². The first-order valence-corrected chi connectivity index (χ1v) is 7.78. The van der Waals surface area contributed by atoms with Gasteiger partial charge in [-0.05, 0) is 12.1 Å². The molecule has 0 N–H and O–H groups in total. The molecule has 2 rings (SSSR count). The lowest BCUT2D eigenvalue weighted by molar-refractivity contribution is -0.284. The quantitative estimate of drug-likeness (QED) is 0.540. The summed E-state index contributed by atoms with van der Waals surface area (Å²) in [7, 11) is 0. The van der Waals surface area contributed by atoms with Crippen LogP contribution in [0.25, 0.3) is 5.69 Å². The fourth-order valence-electron chi connectivity index (χ4n) is 2.09. The smallest absolute Gasteiger partial charge is 0.296 e. The molecule has 0 spiro atoms. The van der Waals surface area contributed by atoms with Crippen molar-refractivity contribution >= 4 is 23.2 Å². The second kappa shape index (κ2) is 7.92. The maximum Gasteiger partial charge on any atom is 0.453 e. The molecule has 5 nitrogen and oxygen atoms in total. The lowest BCUT2D eigenvalue weighted by atomic mass is 10.1. The van der Waals surface area contributed by atoms with Crippen molar-refractivity contribution in [1.82, 2.24) is 14.8 Å². The van der Waals surface area contributed by atoms with Crippen LogP contribution in [0.15, 0.2) is 30.7 Å². The molecule has 0 fully saturated rings. The number of carbonyl (C=O) groups excluding carboxylic acids is 1. The standard InChI is InChI=1S/C16H12ClF5N4O/c1-2-8-25(13(27)5-6-15(18,19)16(20,21)22)12-10-26(24-14(12)17)11-4-3-7-23-9-11/h1,3-4,7,9-10H,5-6,8H2. The second-order valence-corrected chi connectivity index (χ2v) is 5.71. The summed E-state index contributed by atoms with van der Waals surface area (Å²) in [5.41, 5.74) is 0.473. The van der Waals surface area contributed by atoms with Crippen LogP contribution in [0.5, 0.6) is 0 Å². The van der Waals surface area contributed by atoms with Gasteiger partial charge in [0.1, 0.15) is 5.69 Å². The molecule has 0 saturated carbocycles. The Kier molecular flexibility index (Phi) is 6.05. The predicted octanol–water partition coefficient (Wildman–Crippen LogP) is 3.86. The first-order valence-electron chi connectivity index (χ1n) is 7.41. The number of pyridine rings is 1. The number of halogens is 6. The van der Waals surface area contributed by atoms with Crippen LogP contribution in [0, 0.1) is 12.3 Å². The molecule has 2 aromatic heterocycles. The van der Waals surface area contributed by atoms with Gasteiger partial charge in [-0.3, -0.25) is 14.7 Å². The van der Waals surface area contributed by atoms with Gasteiger partial charge in [0.25, 0.3) is 0 Å². The Balaban J connectivity index is 2.24. The van der Waals surface area contributed by atoms with Crippen LogP contribution in [-0.4, -0.2) is 39.3 Å². The zero-order valence-corrected chi connectivity index (χ0v) is 14.3. The lowest BCUT2D eigenvalue weighted by Gasteiger charge is -2.22. The monoisotopic (exact) mass is 406 g/mol. The number of alkyl halides is 5. The fourth-order valence-corrected chi connectivity index (χ4v) is 2.32. The van der Waals surface area contributed by atoms with Crippen LogP contribution in [0.4, 0.5) is 27.6 Å². The Morgan fingerprint density at radius 1 is 1.33 bits per heavy atom. The topological polar surface area (TPSA) is 51.0 Å². The first-order chi connectivity index (χ1) is 12.6.